The van der Waals surface area contributed by atoms with Crippen molar-refractivity contribution in [2.45, 2.75) is 25.4 Å². The van der Waals surface area contributed by atoms with Gasteiger partial charge in [0, 0.05) is 30.1 Å². The third-order valence-electron chi connectivity index (χ3n) is 4.02. The molecule has 3 rings (SSSR count). The monoisotopic (exact) mass is 232 g/mol. The van der Waals surface area contributed by atoms with Crippen LogP contribution in [0.2, 0.25) is 0 Å². The Hall–Kier alpha value is -1.35. The number of rotatable bonds is 1. The number of halogens is 1. The lowest BCUT2D eigenvalue weighted by Gasteiger charge is -2.35. The van der Waals surface area contributed by atoms with E-state index < -0.39 is 0 Å². The maximum Gasteiger partial charge on any atom is 0.132 e. The molecule has 1 aliphatic heterocycles. The molecule has 0 bridgehead atoms. The highest BCUT2D eigenvalue weighted by atomic mass is 19.1. The summed E-state index contributed by atoms with van der Waals surface area (Å²) in [7, 11) is 4.22. The Balaban J connectivity index is 2.24. The van der Waals surface area contributed by atoms with Crippen molar-refractivity contribution in [2.24, 2.45) is 0 Å². The Labute approximate surface area is 101 Å². The first-order chi connectivity index (χ1) is 8.09. The highest BCUT2D eigenvalue weighted by Crippen LogP contribution is 2.36. The molecule has 1 aromatic heterocycles. The predicted molar refractivity (Wildman–Crippen MR) is 67.8 cm³/mol. The maximum atomic E-state index is 13.7. The summed E-state index contributed by atoms with van der Waals surface area (Å²) in [6, 6.07) is 5.90. The molecule has 0 fully saturated rings. The lowest BCUT2D eigenvalue weighted by atomic mass is 9.88. The molecule has 2 atom stereocenters. The first kappa shape index (κ1) is 10.8. The smallest absolute Gasteiger partial charge is 0.132 e. The number of nitrogens with zero attached hydrogens (tertiary/aromatic N) is 2. The van der Waals surface area contributed by atoms with Crippen LogP contribution in [0.3, 0.4) is 0 Å². The van der Waals surface area contributed by atoms with E-state index in [1.54, 1.807) is 6.07 Å². The van der Waals surface area contributed by atoms with Crippen LogP contribution in [0.5, 0.6) is 0 Å². The topological polar surface area (TPSA) is 8.17 Å². The van der Waals surface area contributed by atoms with E-state index in [9.17, 15) is 4.39 Å². The van der Waals surface area contributed by atoms with E-state index in [2.05, 4.69) is 30.5 Å². The van der Waals surface area contributed by atoms with Gasteiger partial charge >= 0.3 is 0 Å². The quantitative estimate of drug-likeness (QED) is 0.734. The zero-order chi connectivity index (χ0) is 12.2. The summed E-state index contributed by atoms with van der Waals surface area (Å²) in [5, 5.41) is 0.756. The molecule has 2 aromatic rings. The largest absolute Gasteiger partial charge is 0.346 e. The van der Waals surface area contributed by atoms with Gasteiger partial charge in [0.25, 0.3) is 0 Å². The third-order valence-corrected chi connectivity index (χ3v) is 4.02. The lowest BCUT2D eigenvalue weighted by molar-refractivity contribution is 0.228. The standard InChI is InChI=1S/C14H17FN2/c1-9-10-4-5-12(15)11-6-7-17(14(10)11)8-13(9)16(2)3/h4-7,9,13H,8H2,1-3H3/t9?,13-/m0/s1. The van der Waals surface area contributed by atoms with Crippen molar-refractivity contribution in [3.63, 3.8) is 0 Å². The van der Waals surface area contributed by atoms with Gasteiger partial charge in [-0.25, -0.2) is 4.39 Å². The number of hydrogen-bond donors (Lipinski definition) is 0. The maximum absolute atomic E-state index is 13.7. The van der Waals surface area contributed by atoms with E-state index >= 15 is 0 Å². The van der Waals surface area contributed by atoms with Gasteiger partial charge < -0.3 is 9.47 Å². The fourth-order valence-electron chi connectivity index (χ4n) is 3.02. The molecule has 2 heterocycles. The number of hydrogen-bond acceptors (Lipinski definition) is 1. The minimum atomic E-state index is -0.113. The fourth-order valence-corrected chi connectivity index (χ4v) is 3.02. The van der Waals surface area contributed by atoms with Crippen LogP contribution in [-0.4, -0.2) is 29.6 Å². The first-order valence-corrected chi connectivity index (χ1v) is 6.03. The number of benzene rings is 1. The Morgan fingerprint density at radius 1 is 1.29 bits per heavy atom. The summed E-state index contributed by atoms with van der Waals surface area (Å²) < 4.78 is 15.9. The van der Waals surface area contributed by atoms with E-state index in [-0.39, 0.29) is 5.82 Å². The third kappa shape index (κ3) is 1.42. The Bertz CT molecular complexity index is 571. The van der Waals surface area contributed by atoms with Gasteiger partial charge in [-0.15, -0.1) is 0 Å². The normalized spacial score (nSPS) is 23.6. The highest BCUT2D eigenvalue weighted by Gasteiger charge is 2.29. The molecule has 90 valence electrons. The molecule has 3 heteroatoms. The summed E-state index contributed by atoms with van der Waals surface area (Å²) in [5.74, 6) is 0.327. The van der Waals surface area contributed by atoms with Gasteiger partial charge in [-0.2, -0.15) is 0 Å². The zero-order valence-electron chi connectivity index (χ0n) is 10.4. The van der Waals surface area contributed by atoms with Crippen LogP contribution in [0.1, 0.15) is 18.4 Å². The van der Waals surface area contributed by atoms with Crippen LogP contribution in [-0.2, 0) is 6.54 Å². The summed E-state index contributed by atoms with van der Waals surface area (Å²) in [5.41, 5.74) is 2.34. The van der Waals surface area contributed by atoms with Gasteiger partial charge in [0.05, 0.1) is 5.52 Å². The molecule has 1 unspecified atom stereocenters. The van der Waals surface area contributed by atoms with Crippen LogP contribution in [0, 0.1) is 5.82 Å². The van der Waals surface area contributed by atoms with Crippen molar-refractivity contribution >= 4 is 10.9 Å². The Morgan fingerprint density at radius 2 is 2.06 bits per heavy atom. The number of aromatic nitrogens is 1. The average molecular weight is 232 g/mol. The molecule has 0 saturated carbocycles. The summed E-state index contributed by atoms with van der Waals surface area (Å²) in [4.78, 5) is 2.25. The molecule has 0 radical (unpaired) electrons. The SMILES string of the molecule is CC1c2ccc(F)c3ccn(c23)C[C@@H]1N(C)C. The van der Waals surface area contributed by atoms with Crippen LogP contribution < -0.4 is 0 Å². The van der Waals surface area contributed by atoms with Crippen molar-refractivity contribution in [1.29, 1.82) is 0 Å². The minimum Gasteiger partial charge on any atom is -0.346 e. The number of likely N-dealkylation sites (N-methyl/N-ethyl adjacent to an activating group) is 1. The van der Waals surface area contributed by atoms with Crippen LogP contribution in [0.4, 0.5) is 4.39 Å². The minimum absolute atomic E-state index is 0.113. The molecule has 0 N–H and O–H groups in total. The van der Waals surface area contributed by atoms with Gasteiger partial charge in [-0.05, 0) is 31.8 Å². The molecule has 1 aromatic carbocycles. The van der Waals surface area contributed by atoms with E-state index in [0.29, 0.717) is 12.0 Å². The van der Waals surface area contributed by atoms with Gasteiger partial charge in [0.1, 0.15) is 5.82 Å². The van der Waals surface area contributed by atoms with Gasteiger partial charge in [0.15, 0.2) is 0 Å². The molecule has 17 heavy (non-hydrogen) atoms. The summed E-state index contributed by atoms with van der Waals surface area (Å²) in [6.45, 7) is 3.17. The van der Waals surface area contributed by atoms with Crippen LogP contribution >= 0.6 is 0 Å². The molecular weight excluding hydrogens is 215 g/mol. The van der Waals surface area contributed by atoms with E-state index in [1.165, 1.54) is 5.56 Å². The van der Waals surface area contributed by atoms with Gasteiger partial charge in [0.2, 0.25) is 0 Å². The van der Waals surface area contributed by atoms with E-state index in [1.807, 2.05) is 18.3 Å². The van der Waals surface area contributed by atoms with Crippen molar-refractivity contribution in [3.8, 4) is 0 Å². The second-order valence-electron chi connectivity index (χ2n) is 5.19. The summed E-state index contributed by atoms with van der Waals surface area (Å²) >= 11 is 0. The molecule has 1 aliphatic rings. The van der Waals surface area contributed by atoms with Gasteiger partial charge in [-0.3, -0.25) is 0 Å². The van der Waals surface area contributed by atoms with Gasteiger partial charge in [-0.1, -0.05) is 13.0 Å². The average Bonchev–Trinajstić information content (AvgIpc) is 2.70. The van der Waals surface area contributed by atoms with Crippen LogP contribution in [0.15, 0.2) is 24.4 Å². The summed E-state index contributed by atoms with van der Waals surface area (Å²) in [6.07, 6.45) is 2.00. The van der Waals surface area contributed by atoms with Crippen molar-refractivity contribution in [2.75, 3.05) is 14.1 Å². The second kappa shape index (κ2) is 3.57. The first-order valence-electron chi connectivity index (χ1n) is 6.03. The molecule has 0 aliphatic carbocycles. The Kier molecular flexibility index (Phi) is 2.26. The fraction of sp³-hybridized carbons (Fsp3) is 0.429. The molecular formula is C14H17FN2. The van der Waals surface area contributed by atoms with Crippen molar-refractivity contribution in [3.05, 3.63) is 35.8 Å². The molecule has 0 saturated heterocycles. The predicted octanol–water partition coefficient (Wildman–Crippen LogP) is 2.83. The van der Waals surface area contributed by atoms with Crippen LogP contribution in [0.25, 0.3) is 10.9 Å². The lowest BCUT2D eigenvalue weighted by Crippen LogP contribution is -2.39. The van der Waals surface area contributed by atoms with E-state index in [0.717, 1.165) is 17.4 Å². The Morgan fingerprint density at radius 3 is 2.76 bits per heavy atom. The molecule has 2 nitrogen and oxygen atoms in total. The molecule has 0 amide bonds. The molecule has 0 spiro atoms. The highest BCUT2D eigenvalue weighted by molar-refractivity contribution is 5.85. The van der Waals surface area contributed by atoms with E-state index in [4.69, 9.17) is 0 Å². The second-order valence-corrected chi connectivity index (χ2v) is 5.19. The van der Waals surface area contributed by atoms with Crippen molar-refractivity contribution < 1.29 is 4.39 Å². The zero-order valence-corrected chi connectivity index (χ0v) is 10.4. The van der Waals surface area contributed by atoms with Crippen molar-refractivity contribution in [1.82, 2.24) is 9.47 Å².